The summed E-state index contributed by atoms with van der Waals surface area (Å²) in [6.45, 7) is 3.92. The molecule has 2 aromatic heterocycles. The molecule has 0 aliphatic carbocycles. The zero-order valence-corrected chi connectivity index (χ0v) is 9.52. The van der Waals surface area contributed by atoms with E-state index < -0.39 is 0 Å². The Labute approximate surface area is 95.3 Å². The molecule has 0 atom stereocenters. The maximum atomic E-state index is 5.02. The molecule has 2 aromatic rings. The van der Waals surface area contributed by atoms with Gasteiger partial charge in [0.1, 0.15) is 5.82 Å². The van der Waals surface area contributed by atoms with Crippen molar-refractivity contribution in [1.82, 2.24) is 9.78 Å². The molecule has 2 rings (SSSR count). The maximum Gasteiger partial charge on any atom is 0.124 e. The van der Waals surface area contributed by atoms with Gasteiger partial charge in [0.15, 0.2) is 0 Å². The predicted octanol–water partition coefficient (Wildman–Crippen LogP) is 2.89. The van der Waals surface area contributed by atoms with Crippen molar-refractivity contribution in [3.63, 3.8) is 0 Å². The van der Waals surface area contributed by atoms with Gasteiger partial charge in [-0.1, -0.05) is 13.3 Å². The lowest BCUT2D eigenvalue weighted by Gasteiger charge is -2.08. The molecule has 1 N–H and O–H groups in total. The first kappa shape index (κ1) is 10.8. The van der Waals surface area contributed by atoms with Gasteiger partial charge in [-0.15, -0.1) is 0 Å². The fourth-order valence-corrected chi connectivity index (χ4v) is 1.55. The van der Waals surface area contributed by atoms with Gasteiger partial charge in [0, 0.05) is 24.7 Å². The van der Waals surface area contributed by atoms with Crippen LogP contribution in [0.5, 0.6) is 0 Å². The number of anilines is 1. The van der Waals surface area contributed by atoms with E-state index in [1.54, 1.807) is 12.5 Å². The van der Waals surface area contributed by atoms with Crippen LogP contribution in [-0.4, -0.2) is 9.78 Å². The molecule has 0 radical (unpaired) electrons. The second-order valence-corrected chi connectivity index (χ2v) is 3.78. The van der Waals surface area contributed by atoms with Crippen LogP contribution in [0, 0.1) is 0 Å². The van der Waals surface area contributed by atoms with E-state index in [0.29, 0.717) is 0 Å². The summed E-state index contributed by atoms with van der Waals surface area (Å²) in [7, 11) is 0. The summed E-state index contributed by atoms with van der Waals surface area (Å²) in [5.41, 5.74) is 1.14. The Morgan fingerprint density at radius 3 is 3.12 bits per heavy atom. The molecular formula is C12H17N3O. The number of hydrogen-bond donors (Lipinski definition) is 1. The third-order valence-electron chi connectivity index (χ3n) is 2.49. The number of rotatable bonds is 6. The van der Waals surface area contributed by atoms with Gasteiger partial charge in [-0.3, -0.25) is 0 Å². The smallest absolute Gasteiger partial charge is 0.124 e. The van der Waals surface area contributed by atoms with Crippen LogP contribution in [0.4, 0.5) is 5.82 Å². The molecule has 0 aromatic carbocycles. The second kappa shape index (κ2) is 5.39. The molecule has 0 aliphatic heterocycles. The Kier molecular flexibility index (Phi) is 3.64. The first-order valence-electron chi connectivity index (χ1n) is 5.67. The van der Waals surface area contributed by atoms with Crippen molar-refractivity contribution in [2.24, 2.45) is 0 Å². The third kappa shape index (κ3) is 2.66. The molecule has 0 saturated carbocycles. The summed E-state index contributed by atoms with van der Waals surface area (Å²) < 4.78 is 7.02. The number of hydrogen-bond acceptors (Lipinski definition) is 3. The van der Waals surface area contributed by atoms with Crippen LogP contribution in [0.1, 0.15) is 25.3 Å². The van der Waals surface area contributed by atoms with E-state index in [1.165, 1.54) is 6.42 Å². The van der Waals surface area contributed by atoms with Gasteiger partial charge in [-0.05, 0) is 12.5 Å². The van der Waals surface area contributed by atoms with Crippen LogP contribution in [0.25, 0.3) is 0 Å². The molecule has 4 nitrogen and oxygen atoms in total. The van der Waals surface area contributed by atoms with Crippen molar-refractivity contribution in [3.8, 4) is 0 Å². The molecule has 2 heterocycles. The minimum Gasteiger partial charge on any atom is -0.472 e. The number of furan rings is 1. The molecule has 0 spiro atoms. The van der Waals surface area contributed by atoms with Crippen molar-refractivity contribution in [3.05, 3.63) is 36.4 Å². The highest BCUT2D eigenvalue weighted by atomic mass is 16.3. The summed E-state index contributed by atoms with van der Waals surface area (Å²) in [6, 6.07) is 3.95. The Morgan fingerprint density at radius 1 is 1.44 bits per heavy atom. The number of aromatic nitrogens is 2. The van der Waals surface area contributed by atoms with Gasteiger partial charge < -0.3 is 9.73 Å². The van der Waals surface area contributed by atoms with Crippen LogP contribution in [0.3, 0.4) is 0 Å². The van der Waals surface area contributed by atoms with Gasteiger partial charge in [-0.25, -0.2) is 4.68 Å². The third-order valence-corrected chi connectivity index (χ3v) is 2.49. The molecule has 0 bridgehead atoms. The lowest BCUT2D eigenvalue weighted by molar-refractivity contribution is 0.563. The Morgan fingerprint density at radius 2 is 2.38 bits per heavy atom. The van der Waals surface area contributed by atoms with E-state index in [2.05, 4.69) is 17.3 Å². The first-order valence-corrected chi connectivity index (χ1v) is 5.67. The van der Waals surface area contributed by atoms with E-state index in [0.717, 1.165) is 30.9 Å². The van der Waals surface area contributed by atoms with E-state index >= 15 is 0 Å². The summed E-state index contributed by atoms with van der Waals surface area (Å²) >= 11 is 0. The van der Waals surface area contributed by atoms with Gasteiger partial charge in [0.2, 0.25) is 0 Å². The maximum absolute atomic E-state index is 5.02. The highest BCUT2D eigenvalue weighted by Crippen LogP contribution is 2.10. The molecule has 16 heavy (non-hydrogen) atoms. The molecular weight excluding hydrogens is 202 g/mol. The normalized spacial score (nSPS) is 10.6. The highest BCUT2D eigenvalue weighted by Gasteiger charge is 2.01. The first-order chi connectivity index (χ1) is 7.90. The van der Waals surface area contributed by atoms with Gasteiger partial charge in [-0.2, -0.15) is 5.10 Å². The molecule has 86 valence electrons. The molecule has 4 heteroatoms. The van der Waals surface area contributed by atoms with Crippen molar-refractivity contribution < 1.29 is 4.42 Å². The summed E-state index contributed by atoms with van der Waals surface area (Å²) in [4.78, 5) is 0. The largest absolute Gasteiger partial charge is 0.472 e. The van der Waals surface area contributed by atoms with Gasteiger partial charge >= 0.3 is 0 Å². The second-order valence-electron chi connectivity index (χ2n) is 3.78. The fourth-order valence-electron chi connectivity index (χ4n) is 1.55. The molecule has 0 unspecified atom stereocenters. The number of nitrogens with one attached hydrogen (secondary N) is 1. The Hall–Kier alpha value is -1.71. The van der Waals surface area contributed by atoms with E-state index in [-0.39, 0.29) is 0 Å². The van der Waals surface area contributed by atoms with Crippen molar-refractivity contribution >= 4 is 5.82 Å². The molecule has 0 saturated heterocycles. The van der Waals surface area contributed by atoms with Crippen molar-refractivity contribution in [2.45, 2.75) is 32.9 Å². The number of nitrogens with zero attached hydrogens (tertiary/aromatic N) is 2. The molecule has 0 amide bonds. The van der Waals surface area contributed by atoms with E-state index in [1.807, 2.05) is 23.0 Å². The average molecular weight is 219 g/mol. The van der Waals surface area contributed by atoms with Crippen LogP contribution >= 0.6 is 0 Å². The predicted molar refractivity (Wildman–Crippen MR) is 63.2 cm³/mol. The number of aryl methyl sites for hydroxylation is 1. The molecule has 0 aliphatic rings. The van der Waals surface area contributed by atoms with Crippen molar-refractivity contribution in [1.29, 1.82) is 0 Å². The average Bonchev–Trinajstić information content (AvgIpc) is 2.94. The Bertz CT molecular complexity index is 406. The van der Waals surface area contributed by atoms with E-state index in [4.69, 9.17) is 4.42 Å². The number of unbranched alkanes of at least 4 members (excludes halogenated alkanes) is 1. The zero-order chi connectivity index (χ0) is 11.2. The fraction of sp³-hybridized carbons (Fsp3) is 0.417. The van der Waals surface area contributed by atoms with Gasteiger partial charge in [0.25, 0.3) is 0 Å². The van der Waals surface area contributed by atoms with Crippen LogP contribution in [0.15, 0.2) is 35.3 Å². The summed E-state index contributed by atoms with van der Waals surface area (Å²) in [5, 5.41) is 7.63. The highest BCUT2D eigenvalue weighted by molar-refractivity contribution is 5.34. The SMILES string of the molecule is CCCCn1nccc1NCc1ccoc1. The van der Waals surface area contributed by atoms with Crippen LogP contribution in [0.2, 0.25) is 0 Å². The minimum absolute atomic E-state index is 0.772. The van der Waals surface area contributed by atoms with Gasteiger partial charge in [0.05, 0.1) is 18.7 Å². The quantitative estimate of drug-likeness (QED) is 0.812. The monoisotopic (exact) mass is 219 g/mol. The lowest BCUT2D eigenvalue weighted by atomic mass is 10.3. The Balaban J connectivity index is 1.91. The lowest BCUT2D eigenvalue weighted by Crippen LogP contribution is -2.07. The minimum atomic E-state index is 0.772. The summed E-state index contributed by atoms with van der Waals surface area (Å²) in [5.74, 6) is 1.06. The zero-order valence-electron chi connectivity index (χ0n) is 9.52. The van der Waals surface area contributed by atoms with Crippen LogP contribution in [-0.2, 0) is 13.1 Å². The summed E-state index contributed by atoms with van der Waals surface area (Å²) in [6.07, 6.45) is 7.60. The van der Waals surface area contributed by atoms with Crippen molar-refractivity contribution in [2.75, 3.05) is 5.32 Å². The molecule has 0 fully saturated rings. The van der Waals surface area contributed by atoms with Crippen LogP contribution < -0.4 is 5.32 Å². The topological polar surface area (TPSA) is 43.0 Å². The standard InChI is InChI=1S/C12H17N3O/c1-2-3-7-15-12(4-6-14-15)13-9-11-5-8-16-10-11/h4-6,8,10,13H,2-3,7,9H2,1H3. The van der Waals surface area contributed by atoms with E-state index in [9.17, 15) is 0 Å².